The van der Waals surface area contributed by atoms with E-state index < -0.39 is 34.9 Å². The Bertz CT molecular complexity index is 1550. The van der Waals surface area contributed by atoms with E-state index in [4.69, 9.17) is 0 Å². The molecule has 8 heteroatoms. The first-order valence-corrected chi connectivity index (χ1v) is 12.3. The molecule has 0 radical (unpaired) electrons. The van der Waals surface area contributed by atoms with Crippen molar-refractivity contribution in [1.29, 1.82) is 0 Å². The van der Waals surface area contributed by atoms with Gasteiger partial charge in [0, 0.05) is 22.6 Å². The van der Waals surface area contributed by atoms with Crippen LogP contribution < -0.4 is 0 Å². The van der Waals surface area contributed by atoms with Crippen molar-refractivity contribution in [1.82, 2.24) is 0 Å². The number of carbonyl (C=O) groups excluding carboxylic acids is 1. The Morgan fingerprint density at radius 3 is 1.52 bits per heavy atom. The van der Waals surface area contributed by atoms with Crippen LogP contribution >= 0.6 is 0 Å². The quantitative estimate of drug-likeness (QED) is 0.0484. The number of benzene rings is 4. The molecule has 0 bridgehead atoms. The van der Waals surface area contributed by atoms with E-state index in [1.165, 1.54) is 55.5 Å². The molecule has 0 aromatic heterocycles. The lowest BCUT2D eigenvalue weighted by Gasteiger charge is -2.23. The van der Waals surface area contributed by atoms with Gasteiger partial charge in [-0.05, 0) is 48.4 Å². The molecule has 4 rings (SSSR count). The normalized spacial score (nSPS) is 12.6. The van der Waals surface area contributed by atoms with Gasteiger partial charge in [-0.2, -0.15) is 0 Å². The number of aliphatic hydroxyl groups excluding tert-OH is 1. The van der Waals surface area contributed by atoms with Crippen molar-refractivity contribution in [3.8, 4) is 34.5 Å². The van der Waals surface area contributed by atoms with E-state index in [0.29, 0.717) is 11.1 Å². The SMILES string of the molecule is C/C(O)=C\C=C/C(=O)C(c1ccc(C(c2cccc(O)c2O)c2cccc(O)c2O)cc1)c1cccc(O)c1O. The molecule has 0 saturated carbocycles. The molecule has 0 fully saturated rings. The smallest absolute Gasteiger partial charge is 0.167 e. The van der Waals surface area contributed by atoms with Gasteiger partial charge in [-0.1, -0.05) is 66.7 Å². The number of aliphatic hydroxyl groups is 1. The van der Waals surface area contributed by atoms with E-state index in [-0.39, 0.29) is 39.7 Å². The number of hydrogen-bond donors (Lipinski definition) is 7. The monoisotopic (exact) mass is 540 g/mol. The number of hydrogen-bond acceptors (Lipinski definition) is 8. The van der Waals surface area contributed by atoms with Gasteiger partial charge in [-0.15, -0.1) is 0 Å². The molecule has 0 aliphatic heterocycles. The lowest BCUT2D eigenvalue weighted by atomic mass is 9.81. The zero-order chi connectivity index (χ0) is 29.0. The predicted octanol–water partition coefficient (Wildman–Crippen LogP) is 5.82. The molecule has 4 aromatic rings. The first-order chi connectivity index (χ1) is 19.1. The third kappa shape index (κ3) is 5.56. The van der Waals surface area contributed by atoms with Crippen LogP contribution in [0.4, 0.5) is 0 Å². The molecule has 204 valence electrons. The zero-order valence-electron chi connectivity index (χ0n) is 21.4. The van der Waals surface area contributed by atoms with Crippen LogP contribution in [-0.4, -0.2) is 41.5 Å². The number of phenols is 6. The molecule has 40 heavy (non-hydrogen) atoms. The van der Waals surface area contributed by atoms with Crippen LogP contribution in [0, 0.1) is 0 Å². The summed E-state index contributed by atoms with van der Waals surface area (Å²) in [6.45, 7) is 1.46. The molecule has 7 N–H and O–H groups in total. The Morgan fingerprint density at radius 1 is 0.625 bits per heavy atom. The molecule has 1 atom stereocenters. The maximum Gasteiger partial charge on any atom is 0.167 e. The minimum Gasteiger partial charge on any atom is -0.513 e. The molecule has 0 aliphatic carbocycles. The van der Waals surface area contributed by atoms with Crippen molar-refractivity contribution >= 4 is 5.78 Å². The highest BCUT2D eigenvalue weighted by Crippen LogP contribution is 2.46. The van der Waals surface area contributed by atoms with E-state index >= 15 is 0 Å². The maximum absolute atomic E-state index is 13.3. The van der Waals surface area contributed by atoms with Crippen LogP contribution in [0.1, 0.15) is 46.6 Å². The third-order valence-corrected chi connectivity index (χ3v) is 6.56. The Balaban J connectivity index is 1.86. The lowest BCUT2D eigenvalue weighted by Crippen LogP contribution is -2.13. The minimum absolute atomic E-state index is 0.00148. The Kier molecular flexibility index (Phi) is 8.00. The highest BCUT2D eigenvalue weighted by Gasteiger charge is 2.28. The minimum atomic E-state index is -1.02. The van der Waals surface area contributed by atoms with Crippen molar-refractivity contribution < 1.29 is 40.5 Å². The lowest BCUT2D eigenvalue weighted by molar-refractivity contribution is -0.115. The van der Waals surface area contributed by atoms with Gasteiger partial charge in [0.05, 0.1) is 11.7 Å². The van der Waals surface area contributed by atoms with E-state index in [0.717, 1.165) is 0 Å². The molecule has 0 spiro atoms. The first kappa shape index (κ1) is 27.7. The topological polar surface area (TPSA) is 159 Å². The largest absolute Gasteiger partial charge is 0.513 e. The maximum atomic E-state index is 13.3. The van der Waals surface area contributed by atoms with E-state index in [9.17, 15) is 40.5 Å². The predicted molar refractivity (Wildman–Crippen MR) is 149 cm³/mol. The van der Waals surface area contributed by atoms with Crippen LogP contribution in [0.15, 0.2) is 103 Å². The average Bonchev–Trinajstić information content (AvgIpc) is 2.92. The van der Waals surface area contributed by atoms with Crippen LogP contribution in [0.5, 0.6) is 34.5 Å². The molecule has 0 saturated heterocycles. The Labute approximate surface area is 230 Å². The van der Waals surface area contributed by atoms with Gasteiger partial charge >= 0.3 is 0 Å². The second-order valence-corrected chi connectivity index (χ2v) is 9.25. The van der Waals surface area contributed by atoms with Gasteiger partial charge in [-0.3, -0.25) is 4.79 Å². The van der Waals surface area contributed by atoms with Gasteiger partial charge in [0.2, 0.25) is 0 Å². The van der Waals surface area contributed by atoms with Crippen molar-refractivity contribution in [3.63, 3.8) is 0 Å². The third-order valence-electron chi connectivity index (χ3n) is 6.56. The summed E-state index contributed by atoms with van der Waals surface area (Å²) in [5, 5.41) is 71.7. The summed E-state index contributed by atoms with van der Waals surface area (Å²) < 4.78 is 0. The van der Waals surface area contributed by atoms with Gasteiger partial charge < -0.3 is 35.7 Å². The van der Waals surface area contributed by atoms with Gasteiger partial charge in [0.25, 0.3) is 0 Å². The standard InChI is InChI=1S/C32H28O8/c1-18(33)6-2-10-24(34)29(23-9-5-13-27(37)32(23)40)20-16-14-19(15-17-20)28(21-7-3-11-25(35)30(21)38)22-8-4-12-26(36)31(22)39/h2-17,28-29,33,35-40H,1H3/b10-2-,18-6+. The summed E-state index contributed by atoms with van der Waals surface area (Å²) in [5.74, 6) is -4.61. The van der Waals surface area contributed by atoms with Crippen LogP contribution in [0.2, 0.25) is 0 Å². The Morgan fingerprint density at radius 2 is 1.05 bits per heavy atom. The van der Waals surface area contributed by atoms with E-state index in [2.05, 4.69) is 0 Å². The molecule has 1 unspecified atom stereocenters. The fourth-order valence-corrected chi connectivity index (χ4v) is 4.63. The summed E-state index contributed by atoms with van der Waals surface area (Å²) in [7, 11) is 0. The Hall–Kier alpha value is -5.37. The highest BCUT2D eigenvalue weighted by molar-refractivity contribution is 5.98. The molecule has 0 aliphatic rings. The first-order valence-electron chi connectivity index (χ1n) is 12.3. The molecule has 0 amide bonds. The van der Waals surface area contributed by atoms with Crippen LogP contribution in [0.25, 0.3) is 0 Å². The zero-order valence-corrected chi connectivity index (χ0v) is 21.4. The number of ketones is 1. The van der Waals surface area contributed by atoms with Crippen molar-refractivity contribution in [3.05, 3.63) is 131 Å². The number of allylic oxidation sites excluding steroid dienone is 4. The van der Waals surface area contributed by atoms with Gasteiger partial charge in [0.1, 0.15) is 0 Å². The summed E-state index contributed by atoms with van der Waals surface area (Å²) in [6, 6.07) is 19.8. The average molecular weight is 541 g/mol. The van der Waals surface area contributed by atoms with Gasteiger partial charge in [-0.25, -0.2) is 0 Å². The second-order valence-electron chi connectivity index (χ2n) is 9.25. The second kappa shape index (κ2) is 11.6. The highest BCUT2D eigenvalue weighted by atomic mass is 16.3. The summed E-state index contributed by atoms with van der Waals surface area (Å²) in [6.07, 6.45) is 3.97. The van der Waals surface area contributed by atoms with Crippen LogP contribution in [-0.2, 0) is 4.79 Å². The molecule has 0 heterocycles. The number of aromatic hydroxyl groups is 6. The van der Waals surface area contributed by atoms with E-state index in [1.807, 2.05) is 0 Å². The van der Waals surface area contributed by atoms with Crippen molar-refractivity contribution in [2.75, 3.05) is 0 Å². The fraction of sp³-hybridized carbons (Fsp3) is 0.0938. The van der Waals surface area contributed by atoms with Crippen molar-refractivity contribution in [2.24, 2.45) is 0 Å². The fourth-order valence-electron chi connectivity index (χ4n) is 4.63. The number of carbonyl (C=O) groups is 1. The molecular formula is C32H28O8. The van der Waals surface area contributed by atoms with Gasteiger partial charge in [0.15, 0.2) is 40.3 Å². The summed E-state index contributed by atoms with van der Waals surface area (Å²) >= 11 is 0. The molecular weight excluding hydrogens is 512 g/mol. The molecule has 4 aromatic carbocycles. The number of rotatable bonds is 8. The van der Waals surface area contributed by atoms with Crippen molar-refractivity contribution in [2.45, 2.75) is 18.8 Å². The van der Waals surface area contributed by atoms with E-state index in [1.54, 1.807) is 48.5 Å². The number of phenolic OH excluding ortho intramolecular Hbond substituents is 6. The number of para-hydroxylation sites is 3. The summed E-state index contributed by atoms with van der Waals surface area (Å²) in [4.78, 5) is 13.3. The summed E-state index contributed by atoms with van der Waals surface area (Å²) in [5.41, 5.74) is 1.70. The van der Waals surface area contributed by atoms with Crippen LogP contribution in [0.3, 0.4) is 0 Å². The molecule has 8 nitrogen and oxygen atoms in total.